The Labute approximate surface area is 135 Å². The van der Waals surface area contributed by atoms with Crippen LogP contribution in [-0.4, -0.2) is 19.1 Å². The second-order valence-electron chi connectivity index (χ2n) is 5.33. The van der Waals surface area contributed by atoms with Gasteiger partial charge in [-0.2, -0.15) is 0 Å². The third-order valence-corrected chi connectivity index (χ3v) is 3.94. The average molecular weight is 316 g/mol. The van der Waals surface area contributed by atoms with Gasteiger partial charge in [-0.1, -0.05) is 23.7 Å². The summed E-state index contributed by atoms with van der Waals surface area (Å²) in [7, 11) is 1.64. The monoisotopic (exact) mass is 315 g/mol. The molecule has 114 valence electrons. The normalized spacial score (nSPS) is 20.5. The van der Waals surface area contributed by atoms with Crippen LogP contribution >= 0.6 is 11.6 Å². The number of rotatable bonds is 4. The molecule has 3 rings (SSSR count). The quantitative estimate of drug-likeness (QED) is 0.669. The Kier molecular flexibility index (Phi) is 4.20. The van der Waals surface area contributed by atoms with Gasteiger partial charge in [-0.15, -0.1) is 0 Å². The highest BCUT2D eigenvalue weighted by Crippen LogP contribution is 2.44. The number of nitrogens with one attached hydrogen (secondary N) is 1. The average Bonchev–Trinajstić information content (AvgIpc) is 3.27. The van der Waals surface area contributed by atoms with Crippen molar-refractivity contribution in [3.8, 4) is 5.75 Å². The number of hydrogen-bond acceptors (Lipinski definition) is 2. The lowest BCUT2D eigenvalue weighted by Crippen LogP contribution is -2.23. The summed E-state index contributed by atoms with van der Waals surface area (Å²) < 4.78 is 5.12. The summed E-state index contributed by atoms with van der Waals surface area (Å²) in [6.45, 7) is 0. The van der Waals surface area contributed by atoms with Gasteiger partial charge in [0, 0.05) is 16.6 Å². The van der Waals surface area contributed by atoms with E-state index in [9.17, 15) is 0 Å². The first-order valence-corrected chi connectivity index (χ1v) is 7.53. The third kappa shape index (κ3) is 3.52. The van der Waals surface area contributed by atoms with Gasteiger partial charge in [0.1, 0.15) is 5.75 Å². The largest absolute Gasteiger partial charge is 0.497 e. The molecule has 4 nitrogen and oxygen atoms in total. The zero-order valence-electron chi connectivity index (χ0n) is 12.3. The highest BCUT2D eigenvalue weighted by Gasteiger charge is 2.38. The molecule has 0 heterocycles. The van der Waals surface area contributed by atoms with Gasteiger partial charge in [-0.05, 0) is 48.4 Å². The van der Waals surface area contributed by atoms with Gasteiger partial charge in [0.25, 0.3) is 0 Å². The fourth-order valence-corrected chi connectivity index (χ4v) is 2.65. The van der Waals surface area contributed by atoms with Crippen molar-refractivity contribution in [1.82, 2.24) is 0 Å². The molecule has 0 bridgehead atoms. The lowest BCUT2D eigenvalue weighted by molar-refractivity contribution is 0.415. The summed E-state index contributed by atoms with van der Waals surface area (Å²) in [5, 5.41) is 3.85. The van der Waals surface area contributed by atoms with Crippen LogP contribution in [0.1, 0.15) is 17.9 Å². The molecule has 0 radical (unpaired) electrons. The van der Waals surface area contributed by atoms with Crippen LogP contribution in [0, 0.1) is 0 Å². The van der Waals surface area contributed by atoms with Crippen LogP contribution < -0.4 is 15.8 Å². The molecule has 1 aliphatic carbocycles. The van der Waals surface area contributed by atoms with E-state index in [1.807, 2.05) is 42.5 Å². The Morgan fingerprint density at radius 1 is 1.27 bits per heavy atom. The molecule has 2 aromatic carbocycles. The van der Waals surface area contributed by atoms with Gasteiger partial charge < -0.3 is 15.8 Å². The number of guanidine groups is 1. The number of halogens is 1. The van der Waals surface area contributed by atoms with E-state index >= 15 is 0 Å². The van der Waals surface area contributed by atoms with Crippen LogP contribution in [0.2, 0.25) is 5.02 Å². The maximum absolute atomic E-state index is 6.02. The van der Waals surface area contributed by atoms with Crippen molar-refractivity contribution in [3.63, 3.8) is 0 Å². The van der Waals surface area contributed by atoms with Crippen molar-refractivity contribution < 1.29 is 4.74 Å². The molecule has 2 aromatic rings. The molecule has 2 unspecified atom stereocenters. The number of nitrogens with two attached hydrogens (primary N) is 1. The van der Waals surface area contributed by atoms with E-state index < -0.39 is 0 Å². The zero-order chi connectivity index (χ0) is 15.5. The lowest BCUT2D eigenvalue weighted by Gasteiger charge is -2.06. The third-order valence-electron chi connectivity index (χ3n) is 3.70. The summed E-state index contributed by atoms with van der Waals surface area (Å²) in [4.78, 5) is 4.52. The van der Waals surface area contributed by atoms with Crippen molar-refractivity contribution in [2.45, 2.75) is 18.4 Å². The first-order chi connectivity index (χ1) is 10.7. The second kappa shape index (κ2) is 6.28. The first kappa shape index (κ1) is 14.7. The van der Waals surface area contributed by atoms with Crippen molar-refractivity contribution in [2.75, 3.05) is 12.4 Å². The molecule has 5 heteroatoms. The first-order valence-electron chi connectivity index (χ1n) is 7.15. The minimum atomic E-state index is 0.226. The lowest BCUT2D eigenvalue weighted by atomic mass is 10.1. The summed E-state index contributed by atoms with van der Waals surface area (Å²) in [6.07, 6.45) is 1.01. The Hall–Kier alpha value is -2.20. The number of nitrogens with zero attached hydrogens (tertiary/aromatic N) is 1. The van der Waals surface area contributed by atoms with Crippen LogP contribution in [0.4, 0.5) is 5.69 Å². The summed E-state index contributed by atoms with van der Waals surface area (Å²) in [6, 6.07) is 15.7. The van der Waals surface area contributed by atoms with E-state index in [-0.39, 0.29) is 6.04 Å². The minimum Gasteiger partial charge on any atom is -0.497 e. The van der Waals surface area contributed by atoms with Crippen LogP contribution in [0.15, 0.2) is 53.5 Å². The van der Waals surface area contributed by atoms with Crippen LogP contribution in [-0.2, 0) is 0 Å². The van der Waals surface area contributed by atoms with E-state index in [1.54, 1.807) is 7.11 Å². The van der Waals surface area contributed by atoms with Crippen molar-refractivity contribution >= 4 is 23.2 Å². The molecule has 3 N–H and O–H groups in total. The summed E-state index contributed by atoms with van der Waals surface area (Å²) >= 11 is 6.02. The predicted molar refractivity (Wildman–Crippen MR) is 90.8 cm³/mol. The van der Waals surface area contributed by atoms with Gasteiger partial charge in [0.2, 0.25) is 0 Å². The Morgan fingerprint density at radius 3 is 2.73 bits per heavy atom. The maximum Gasteiger partial charge on any atom is 0.193 e. The van der Waals surface area contributed by atoms with Crippen LogP contribution in [0.3, 0.4) is 0 Å². The molecular weight excluding hydrogens is 298 g/mol. The van der Waals surface area contributed by atoms with Gasteiger partial charge >= 0.3 is 0 Å². The fourth-order valence-electron chi connectivity index (χ4n) is 2.45. The number of ether oxygens (including phenoxy) is 1. The van der Waals surface area contributed by atoms with Gasteiger partial charge in [0.15, 0.2) is 5.96 Å². The van der Waals surface area contributed by atoms with Gasteiger partial charge in [-0.3, -0.25) is 0 Å². The van der Waals surface area contributed by atoms with Crippen LogP contribution in [0.25, 0.3) is 0 Å². The zero-order valence-corrected chi connectivity index (χ0v) is 13.0. The highest BCUT2D eigenvalue weighted by atomic mass is 35.5. The molecule has 1 aliphatic rings. The molecular formula is C17H18ClN3O. The number of anilines is 1. The van der Waals surface area contributed by atoms with Crippen LogP contribution in [0.5, 0.6) is 5.75 Å². The predicted octanol–water partition coefficient (Wildman–Crippen LogP) is 3.63. The Morgan fingerprint density at radius 2 is 2.05 bits per heavy atom. The van der Waals surface area contributed by atoms with Gasteiger partial charge in [0.05, 0.1) is 13.2 Å². The SMILES string of the molecule is COc1ccc(NC(N)=NC2CC2c2cccc(Cl)c2)cc1. The van der Waals surface area contributed by atoms with E-state index in [2.05, 4.69) is 16.4 Å². The topological polar surface area (TPSA) is 59.6 Å². The van der Waals surface area contributed by atoms with E-state index in [4.69, 9.17) is 22.1 Å². The molecule has 0 saturated heterocycles. The Bertz CT molecular complexity index is 685. The number of benzene rings is 2. The highest BCUT2D eigenvalue weighted by molar-refractivity contribution is 6.30. The van der Waals surface area contributed by atoms with E-state index in [1.165, 1.54) is 5.56 Å². The van der Waals surface area contributed by atoms with Crippen molar-refractivity contribution in [1.29, 1.82) is 0 Å². The van der Waals surface area contributed by atoms with Gasteiger partial charge in [-0.25, -0.2) is 4.99 Å². The van der Waals surface area contributed by atoms with Crippen molar-refractivity contribution in [3.05, 3.63) is 59.1 Å². The fraction of sp³-hybridized carbons (Fsp3) is 0.235. The van der Waals surface area contributed by atoms with Crippen molar-refractivity contribution in [2.24, 2.45) is 10.7 Å². The molecule has 1 saturated carbocycles. The minimum absolute atomic E-state index is 0.226. The molecule has 0 amide bonds. The smallest absolute Gasteiger partial charge is 0.193 e. The number of aliphatic imine (C=N–C) groups is 1. The molecule has 22 heavy (non-hydrogen) atoms. The molecule has 0 spiro atoms. The van der Waals surface area contributed by atoms with E-state index in [0.29, 0.717) is 11.9 Å². The Balaban J connectivity index is 1.61. The number of methoxy groups -OCH3 is 1. The molecule has 2 atom stereocenters. The maximum atomic E-state index is 6.02. The van der Waals surface area contributed by atoms with E-state index in [0.717, 1.165) is 22.9 Å². The molecule has 0 aromatic heterocycles. The molecule has 0 aliphatic heterocycles. The summed E-state index contributed by atoms with van der Waals surface area (Å²) in [5.41, 5.74) is 8.08. The molecule has 1 fully saturated rings. The number of hydrogen-bond donors (Lipinski definition) is 2. The summed E-state index contributed by atoms with van der Waals surface area (Å²) in [5.74, 6) is 1.65. The standard InChI is InChI=1S/C17H18ClN3O/c1-22-14-7-5-13(6-8-14)20-17(19)21-16-10-15(16)11-3-2-4-12(18)9-11/h2-9,15-16H,10H2,1H3,(H3,19,20,21). The second-order valence-corrected chi connectivity index (χ2v) is 5.77.